The van der Waals surface area contributed by atoms with Crippen LogP contribution in [-0.4, -0.2) is 90.1 Å². The number of nitrogens with zero attached hydrogens (tertiary/aromatic N) is 1. The average molecular weight is 760 g/mol. The molecule has 13 heteroatoms. The molecule has 4 saturated carbocycles. The fourth-order valence-electron chi connectivity index (χ4n) is 9.53. The van der Waals surface area contributed by atoms with Crippen LogP contribution in [0.4, 0.5) is 4.79 Å². The quantitative estimate of drug-likeness (QED) is 0.149. The summed E-state index contributed by atoms with van der Waals surface area (Å²) in [6.45, 7) is 13.5. The highest BCUT2D eigenvalue weighted by Crippen LogP contribution is 2.53. The van der Waals surface area contributed by atoms with Crippen LogP contribution in [0.25, 0.3) is 0 Å². The summed E-state index contributed by atoms with van der Waals surface area (Å²) >= 11 is 0. The smallest absolute Gasteiger partial charge is 0.315 e. The van der Waals surface area contributed by atoms with Crippen LogP contribution < -0.4 is 21.3 Å². The van der Waals surface area contributed by atoms with E-state index in [4.69, 9.17) is 0 Å². The molecule has 0 aromatic carbocycles. The zero-order valence-corrected chi connectivity index (χ0v) is 33.6. The Hall–Kier alpha value is -2.96. The molecule has 5 atom stereocenters. The molecule has 5 aliphatic rings. The van der Waals surface area contributed by atoms with Gasteiger partial charge in [0.25, 0.3) is 5.91 Å². The number of carbonyl (C=O) groups is 5. The Labute approximate surface area is 317 Å². The minimum Gasteiger partial charge on any atom is -0.346 e. The molecule has 5 fully saturated rings. The van der Waals surface area contributed by atoms with Crippen molar-refractivity contribution in [1.29, 1.82) is 0 Å². The van der Waals surface area contributed by atoms with Crippen LogP contribution in [-0.2, 0) is 29.0 Å². The lowest BCUT2D eigenvalue weighted by atomic mass is 9.79. The number of nitrogens with one attached hydrogen (secondary N) is 4. The number of rotatable bonds is 14. The Bertz CT molecular complexity index is 1500. The Morgan fingerprint density at radius 2 is 1.53 bits per heavy atom. The fraction of sp³-hybridized carbons (Fsp3) is 0.825. The topological polar surface area (TPSA) is 171 Å². The van der Waals surface area contributed by atoms with Gasteiger partial charge in [-0.1, -0.05) is 71.3 Å². The second-order valence-corrected chi connectivity index (χ2v) is 21.3. The molecule has 5 amide bonds. The molecule has 0 aromatic heterocycles. The van der Waals surface area contributed by atoms with Gasteiger partial charge in [0, 0.05) is 13.1 Å². The van der Waals surface area contributed by atoms with E-state index in [1.54, 1.807) is 25.7 Å². The van der Waals surface area contributed by atoms with Crippen molar-refractivity contribution in [3.8, 4) is 0 Å². The summed E-state index contributed by atoms with van der Waals surface area (Å²) < 4.78 is 25.9. The van der Waals surface area contributed by atoms with Gasteiger partial charge in [0.1, 0.15) is 12.1 Å². The van der Waals surface area contributed by atoms with Crippen LogP contribution >= 0.6 is 0 Å². The molecule has 0 radical (unpaired) electrons. The molecule has 298 valence electrons. The largest absolute Gasteiger partial charge is 0.346 e. The minimum atomic E-state index is -3.56. The van der Waals surface area contributed by atoms with Gasteiger partial charge in [-0.25, -0.2) is 13.2 Å². The van der Waals surface area contributed by atoms with E-state index in [0.717, 1.165) is 77.0 Å². The highest BCUT2D eigenvalue weighted by atomic mass is 32.2. The van der Waals surface area contributed by atoms with Crippen molar-refractivity contribution in [1.82, 2.24) is 26.2 Å². The molecular formula is C40H65N5O7S. The molecule has 0 spiro atoms. The molecule has 0 aromatic rings. The number of hydrogen-bond donors (Lipinski definition) is 4. The number of sulfone groups is 1. The molecule has 12 nitrogen and oxygen atoms in total. The summed E-state index contributed by atoms with van der Waals surface area (Å²) in [5.41, 5.74) is -1.06. The number of Topliss-reactive ketones (excluding diaryl/α,β-unsaturated/α-hetero) is 1. The lowest BCUT2D eigenvalue weighted by Crippen LogP contribution is -2.63. The van der Waals surface area contributed by atoms with Crippen molar-refractivity contribution in [2.75, 3.05) is 18.8 Å². The second kappa shape index (κ2) is 16.4. The predicted molar refractivity (Wildman–Crippen MR) is 204 cm³/mol. The van der Waals surface area contributed by atoms with Gasteiger partial charge < -0.3 is 26.2 Å². The van der Waals surface area contributed by atoms with Gasteiger partial charge in [-0.2, -0.15) is 0 Å². The second-order valence-electron chi connectivity index (χ2n) is 18.5. The molecule has 4 N–H and O–H groups in total. The Morgan fingerprint density at radius 3 is 2.13 bits per heavy atom. The summed E-state index contributed by atoms with van der Waals surface area (Å²) in [5.74, 6) is -2.36. The van der Waals surface area contributed by atoms with Gasteiger partial charge in [0.05, 0.1) is 22.1 Å². The van der Waals surface area contributed by atoms with Gasteiger partial charge in [-0.3, -0.25) is 19.2 Å². The third kappa shape index (κ3) is 9.65. The van der Waals surface area contributed by atoms with E-state index in [0.29, 0.717) is 25.8 Å². The van der Waals surface area contributed by atoms with Crippen molar-refractivity contribution in [2.45, 2.75) is 159 Å². The number of likely N-dealkylation sites (tertiary alicyclic amines) is 1. The van der Waals surface area contributed by atoms with Crippen LogP contribution in [0, 0.1) is 29.1 Å². The first-order valence-electron chi connectivity index (χ1n) is 20.2. The van der Waals surface area contributed by atoms with Crippen molar-refractivity contribution >= 4 is 39.4 Å². The van der Waals surface area contributed by atoms with E-state index in [9.17, 15) is 32.4 Å². The van der Waals surface area contributed by atoms with Gasteiger partial charge in [0.15, 0.2) is 9.84 Å². The van der Waals surface area contributed by atoms with Crippen LogP contribution in [0.2, 0.25) is 0 Å². The molecule has 1 heterocycles. The van der Waals surface area contributed by atoms with E-state index < -0.39 is 61.9 Å². The maximum atomic E-state index is 15.0. The molecular weight excluding hydrogens is 695 g/mol. The minimum absolute atomic E-state index is 0.0459. The summed E-state index contributed by atoms with van der Waals surface area (Å²) in [7, 11) is -3.56. The van der Waals surface area contributed by atoms with Gasteiger partial charge >= 0.3 is 6.03 Å². The molecule has 5 rings (SSSR count). The number of amides is 5. The SMILES string of the molecule is C=CCNC(=O)C(=O)C(CC1CC1)NC(=O)[C@@H]1[C@H]2CCC(C)(C)[C@H]2CN1C(=O)[C@@H](NC(=O)NC1(CS(=O)(=O)C(C)(C)C)CCCCC1)C1CCCCC1. The number of carbonyl (C=O) groups excluding carboxylic acids is 5. The van der Waals surface area contributed by atoms with Crippen LogP contribution in [0.15, 0.2) is 12.7 Å². The Kier molecular flexibility index (Phi) is 12.8. The first-order valence-corrected chi connectivity index (χ1v) is 21.9. The third-order valence-corrected chi connectivity index (χ3v) is 15.9. The van der Waals surface area contributed by atoms with E-state index in [1.165, 1.54) is 6.08 Å². The van der Waals surface area contributed by atoms with E-state index in [1.807, 2.05) is 0 Å². The van der Waals surface area contributed by atoms with Gasteiger partial charge in [-0.05, 0) is 94.8 Å². The number of ketones is 1. The maximum absolute atomic E-state index is 15.0. The van der Waals surface area contributed by atoms with Crippen molar-refractivity contribution in [3.05, 3.63) is 12.7 Å². The summed E-state index contributed by atoms with van der Waals surface area (Å²) in [5, 5.41) is 11.6. The fourth-order valence-corrected chi connectivity index (χ4v) is 11.1. The maximum Gasteiger partial charge on any atom is 0.315 e. The molecule has 1 saturated heterocycles. The van der Waals surface area contributed by atoms with Gasteiger partial charge in [0.2, 0.25) is 17.6 Å². The summed E-state index contributed by atoms with van der Waals surface area (Å²) in [6.07, 6.45) is 13.4. The average Bonchev–Trinajstić information content (AvgIpc) is 3.75. The van der Waals surface area contributed by atoms with E-state index >= 15 is 0 Å². The highest BCUT2D eigenvalue weighted by molar-refractivity contribution is 7.92. The van der Waals surface area contributed by atoms with Crippen molar-refractivity contribution in [3.63, 3.8) is 0 Å². The monoisotopic (exact) mass is 759 g/mol. The third-order valence-electron chi connectivity index (χ3n) is 13.1. The van der Waals surface area contributed by atoms with E-state index in [-0.39, 0.29) is 47.3 Å². The Morgan fingerprint density at radius 1 is 0.887 bits per heavy atom. The lowest BCUT2D eigenvalue weighted by Gasteiger charge is -2.41. The first-order chi connectivity index (χ1) is 24.9. The van der Waals surface area contributed by atoms with Gasteiger partial charge in [-0.15, -0.1) is 6.58 Å². The number of urea groups is 1. The molecule has 1 unspecified atom stereocenters. The standard InChI is InChI=1S/C40H65N5O7S/c1-7-22-41-35(48)33(46)30(23-26-16-17-26)42-34(47)32-28-18-21-39(5,6)29(28)24-45(32)36(49)31(27-14-10-8-11-15-27)43-37(50)44-40(19-12-9-13-20-40)25-53(51,52)38(2,3)4/h7,26-32H,1,8-25H2,2-6H3,(H,41,48)(H,42,47)(H2,43,44,50)/t28-,29-,30?,31-,32-/m0/s1. The normalized spacial score (nSPS) is 26.8. The van der Waals surface area contributed by atoms with Crippen LogP contribution in [0.5, 0.6) is 0 Å². The number of hydrogen-bond acceptors (Lipinski definition) is 7. The lowest BCUT2D eigenvalue weighted by molar-refractivity contribution is -0.144. The van der Waals surface area contributed by atoms with Crippen molar-refractivity contribution < 1.29 is 32.4 Å². The Balaban J connectivity index is 1.41. The van der Waals surface area contributed by atoms with Crippen LogP contribution in [0.3, 0.4) is 0 Å². The highest BCUT2D eigenvalue weighted by Gasteiger charge is 2.57. The predicted octanol–water partition coefficient (Wildman–Crippen LogP) is 4.57. The van der Waals surface area contributed by atoms with Crippen molar-refractivity contribution in [2.24, 2.45) is 29.1 Å². The summed E-state index contributed by atoms with van der Waals surface area (Å²) in [6, 6.07) is -3.31. The molecule has 1 aliphatic heterocycles. The first kappa shape index (κ1) is 41.2. The zero-order valence-electron chi connectivity index (χ0n) is 32.8. The van der Waals surface area contributed by atoms with E-state index in [2.05, 4.69) is 41.7 Å². The molecule has 0 bridgehead atoms. The zero-order chi connectivity index (χ0) is 38.8. The van der Waals surface area contributed by atoms with Crippen LogP contribution in [0.1, 0.15) is 131 Å². The number of fused-ring (bicyclic) bond motifs is 1. The molecule has 53 heavy (non-hydrogen) atoms. The summed E-state index contributed by atoms with van der Waals surface area (Å²) in [4.78, 5) is 71.2. The molecule has 4 aliphatic carbocycles.